The van der Waals surface area contributed by atoms with Crippen molar-refractivity contribution in [1.82, 2.24) is 10.2 Å². The van der Waals surface area contributed by atoms with E-state index >= 15 is 0 Å². The number of ether oxygens (including phenoxy) is 1. The Bertz CT molecular complexity index is 628. The Morgan fingerprint density at radius 1 is 0.861 bits per heavy atom. The molecule has 1 heterocycles. The quantitative estimate of drug-likeness (QED) is 0.138. The minimum atomic E-state index is -0.0867. The van der Waals surface area contributed by atoms with E-state index in [9.17, 15) is 14.4 Å². The van der Waals surface area contributed by atoms with Gasteiger partial charge in [0.15, 0.2) is 0 Å². The van der Waals surface area contributed by atoms with E-state index in [0.29, 0.717) is 13.0 Å². The number of nitrogens with one attached hydrogen (secondary N) is 1. The topological polar surface area (TPSA) is 75.7 Å². The molecule has 1 fully saturated rings. The molecule has 2 atom stereocenters. The molecule has 0 spiro atoms. The summed E-state index contributed by atoms with van der Waals surface area (Å²) in [6.45, 7) is 7.86. The maximum Gasteiger partial charge on any atom is 0.305 e. The van der Waals surface area contributed by atoms with Crippen LogP contribution in [-0.4, -0.2) is 80.1 Å². The lowest BCUT2D eigenvalue weighted by Gasteiger charge is -2.45. The molecule has 0 bridgehead atoms. The van der Waals surface area contributed by atoms with Gasteiger partial charge in [-0.3, -0.25) is 14.4 Å². The number of rotatable bonds is 20. The van der Waals surface area contributed by atoms with Gasteiger partial charge in [0.05, 0.1) is 33.3 Å². The third-order valence-corrected chi connectivity index (χ3v) is 8.00. The summed E-state index contributed by atoms with van der Waals surface area (Å²) in [6, 6.07) is 0.790. The van der Waals surface area contributed by atoms with Crippen LogP contribution in [0, 0.1) is 0 Å². The number of unbranched alkanes of at least 4 members (excludes halogenated alkanes) is 8. The van der Waals surface area contributed by atoms with Gasteiger partial charge in [-0.05, 0) is 57.8 Å². The van der Waals surface area contributed by atoms with Gasteiger partial charge in [0.2, 0.25) is 11.8 Å². The predicted octanol–water partition coefficient (Wildman–Crippen LogP) is 5.21. The van der Waals surface area contributed by atoms with Gasteiger partial charge in [-0.1, -0.05) is 38.5 Å². The summed E-state index contributed by atoms with van der Waals surface area (Å²) >= 11 is 0. The summed E-state index contributed by atoms with van der Waals surface area (Å²) in [4.78, 5) is 36.1. The zero-order valence-corrected chi connectivity index (χ0v) is 24.0. The average molecular weight is 511 g/mol. The number of methoxy groups -OCH3 is 1. The molecule has 0 saturated carbocycles. The maximum absolute atomic E-state index is 12.0. The molecular weight excluding hydrogens is 454 g/mol. The summed E-state index contributed by atoms with van der Waals surface area (Å²) < 4.78 is 5.90. The van der Waals surface area contributed by atoms with Gasteiger partial charge in [0.1, 0.15) is 0 Å². The lowest BCUT2D eigenvalue weighted by atomic mass is 9.93. The van der Waals surface area contributed by atoms with Gasteiger partial charge in [-0.2, -0.15) is 0 Å². The summed E-state index contributed by atoms with van der Waals surface area (Å²) in [7, 11) is 3.93. The van der Waals surface area contributed by atoms with Crippen LogP contribution in [-0.2, 0) is 19.1 Å². The van der Waals surface area contributed by atoms with Crippen molar-refractivity contribution in [3.8, 4) is 0 Å². The molecule has 0 aliphatic carbocycles. The zero-order valence-electron chi connectivity index (χ0n) is 24.0. The third-order valence-electron chi connectivity index (χ3n) is 8.00. The highest BCUT2D eigenvalue weighted by molar-refractivity contribution is 5.73. The zero-order chi connectivity index (χ0) is 26.7. The number of piperidine rings is 1. The average Bonchev–Trinajstić information content (AvgIpc) is 2.84. The highest BCUT2D eigenvalue weighted by atomic mass is 16.5. The largest absolute Gasteiger partial charge is 0.469 e. The molecule has 210 valence electrons. The molecule has 1 N–H and O–H groups in total. The van der Waals surface area contributed by atoms with E-state index in [1.807, 2.05) is 4.90 Å². The number of quaternary nitrogens is 1. The molecular formula is C29H56N3O4+. The lowest BCUT2D eigenvalue weighted by molar-refractivity contribution is -0.938. The van der Waals surface area contributed by atoms with Gasteiger partial charge >= 0.3 is 5.97 Å². The molecule has 1 saturated heterocycles. The van der Waals surface area contributed by atoms with E-state index in [1.54, 1.807) is 6.92 Å². The number of hydrogen-bond donors (Lipinski definition) is 1. The van der Waals surface area contributed by atoms with Crippen LogP contribution in [0.15, 0.2) is 0 Å². The first-order chi connectivity index (χ1) is 17.3. The first-order valence-electron chi connectivity index (χ1n) is 14.7. The monoisotopic (exact) mass is 510 g/mol. The fourth-order valence-corrected chi connectivity index (χ4v) is 5.65. The Morgan fingerprint density at radius 3 is 2.14 bits per heavy atom. The van der Waals surface area contributed by atoms with Crippen LogP contribution >= 0.6 is 0 Å². The Hall–Kier alpha value is -1.63. The normalized spacial score (nSPS) is 19.6. The van der Waals surface area contributed by atoms with Crippen molar-refractivity contribution >= 4 is 17.8 Å². The van der Waals surface area contributed by atoms with Crippen molar-refractivity contribution in [2.24, 2.45) is 0 Å². The van der Waals surface area contributed by atoms with Crippen molar-refractivity contribution in [2.75, 3.05) is 46.9 Å². The number of carbonyl (C=O) groups excluding carboxylic acids is 3. The summed E-state index contributed by atoms with van der Waals surface area (Å²) in [5.41, 5.74) is 0. The molecule has 7 heteroatoms. The second-order valence-electron chi connectivity index (χ2n) is 11.1. The van der Waals surface area contributed by atoms with Crippen molar-refractivity contribution in [1.29, 1.82) is 0 Å². The molecule has 7 nitrogen and oxygen atoms in total. The van der Waals surface area contributed by atoms with Crippen LogP contribution in [0.2, 0.25) is 0 Å². The molecule has 1 unspecified atom stereocenters. The molecule has 0 aromatic heterocycles. The molecule has 0 aromatic carbocycles. The van der Waals surface area contributed by atoms with Gasteiger partial charge in [-0.25, -0.2) is 0 Å². The van der Waals surface area contributed by atoms with Crippen LogP contribution in [0.4, 0.5) is 0 Å². The number of amides is 2. The molecule has 0 radical (unpaired) electrons. The van der Waals surface area contributed by atoms with E-state index in [2.05, 4.69) is 17.1 Å². The lowest BCUT2D eigenvalue weighted by Crippen LogP contribution is -2.55. The Labute approximate surface area is 221 Å². The number of esters is 1. The number of nitrogens with zero attached hydrogens (tertiary/aromatic N) is 2. The first kappa shape index (κ1) is 32.4. The maximum atomic E-state index is 12.0. The van der Waals surface area contributed by atoms with Crippen molar-refractivity contribution in [3.05, 3.63) is 0 Å². The molecule has 36 heavy (non-hydrogen) atoms. The Balaban J connectivity index is 2.21. The van der Waals surface area contributed by atoms with Crippen LogP contribution in [0.1, 0.15) is 117 Å². The van der Waals surface area contributed by atoms with Gasteiger partial charge in [0, 0.05) is 39.9 Å². The fourth-order valence-electron chi connectivity index (χ4n) is 5.65. The van der Waals surface area contributed by atoms with Crippen LogP contribution in [0.5, 0.6) is 0 Å². The fraction of sp³-hybridized carbons (Fsp3) is 0.897. The smallest absolute Gasteiger partial charge is 0.305 e. The second-order valence-corrected chi connectivity index (χ2v) is 11.1. The predicted molar refractivity (Wildman–Crippen MR) is 147 cm³/mol. The van der Waals surface area contributed by atoms with E-state index in [-0.39, 0.29) is 17.8 Å². The Kier molecular flexibility index (Phi) is 17.5. The van der Waals surface area contributed by atoms with Gasteiger partial charge in [0.25, 0.3) is 0 Å². The summed E-state index contributed by atoms with van der Waals surface area (Å²) in [5, 5.41) is 2.81. The minimum Gasteiger partial charge on any atom is -0.469 e. The summed E-state index contributed by atoms with van der Waals surface area (Å²) in [5.74, 6) is 0.0353. The van der Waals surface area contributed by atoms with E-state index in [0.717, 1.165) is 44.8 Å². The van der Waals surface area contributed by atoms with Crippen LogP contribution < -0.4 is 5.32 Å². The molecule has 1 rings (SSSR count). The SMILES string of the molecule is COC(=O)CCCCCCCCCC[C@@H]1CCCC[N+]1(C)CCCCN(CCCNC(C)=O)C(C)=O. The van der Waals surface area contributed by atoms with E-state index in [4.69, 9.17) is 0 Å². The number of carbonyl (C=O) groups is 3. The minimum absolute atomic E-state index is 0.0125. The van der Waals surface area contributed by atoms with Crippen molar-refractivity contribution < 1.29 is 23.6 Å². The number of likely N-dealkylation sites (tertiary alicyclic amines) is 1. The molecule has 1 aliphatic heterocycles. The van der Waals surface area contributed by atoms with Crippen LogP contribution in [0.25, 0.3) is 0 Å². The van der Waals surface area contributed by atoms with Crippen molar-refractivity contribution in [2.45, 2.75) is 123 Å². The third kappa shape index (κ3) is 14.8. The Morgan fingerprint density at radius 2 is 1.50 bits per heavy atom. The van der Waals surface area contributed by atoms with Gasteiger partial charge < -0.3 is 19.4 Å². The highest BCUT2D eigenvalue weighted by Crippen LogP contribution is 2.28. The van der Waals surface area contributed by atoms with E-state index in [1.165, 1.54) is 102 Å². The molecule has 1 aliphatic rings. The van der Waals surface area contributed by atoms with E-state index < -0.39 is 0 Å². The first-order valence-corrected chi connectivity index (χ1v) is 14.7. The van der Waals surface area contributed by atoms with Gasteiger partial charge in [-0.15, -0.1) is 0 Å². The molecule has 2 amide bonds. The van der Waals surface area contributed by atoms with Crippen molar-refractivity contribution in [3.63, 3.8) is 0 Å². The second kappa shape index (κ2) is 19.5. The molecule has 0 aromatic rings. The summed E-state index contributed by atoms with van der Waals surface area (Å²) in [6.07, 6.45) is 18.9. The highest BCUT2D eigenvalue weighted by Gasteiger charge is 2.34. The standard InChI is InChI=1S/C29H55N3O4/c1-26(33)30-21-17-23-31(27(2)34)22-14-16-25-32(3)24-15-13-19-28(32)18-11-9-7-5-6-8-10-12-20-29(35)36-4/h28H,5-25H2,1-4H3/p+1/t28-,32?/m1/s1. The number of hydrogen-bond acceptors (Lipinski definition) is 4. The van der Waals surface area contributed by atoms with Crippen LogP contribution in [0.3, 0.4) is 0 Å².